The van der Waals surface area contributed by atoms with E-state index in [9.17, 15) is 9.59 Å². The summed E-state index contributed by atoms with van der Waals surface area (Å²) in [5.41, 5.74) is 1.58. The Morgan fingerprint density at radius 3 is 2.89 bits per heavy atom. The smallest absolute Gasteiger partial charge is 0.307 e. The summed E-state index contributed by atoms with van der Waals surface area (Å²) in [6.07, 6.45) is 0. The van der Waals surface area contributed by atoms with Crippen molar-refractivity contribution in [3.05, 3.63) is 50.3 Å². The zero-order valence-corrected chi connectivity index (χ0v) is 11.7. The third kappa shape index (κ3) is 2.20. The van der Waals surface area contributed by atoms with Crippen molar-refractivity contribution in [2.75, 3.05) is 5.32 Å². The molecule has 0 saturated carbocycles. The first-order chi connectivity index (χ1) is 9.15. The number of aryl methyl sites for hydroxylation is 1. The molecular formula is C13H10N2O2S2. The van der Waals surface area contributed by atoms with Gasteiger partial charge in [-0.25, -0.2) is 0 Å². The number of carbonyl (C=O) groups excluding carboxylic acids is 1. The van der Waals surface area contributed by atoms with Crippen LogP contribution in [0.25, 0.3) is 10.2 Å². The fraction of sp³-hybridized carbons (Fsp3) is 0.0769. The quantitative estimate of drug-likeness (QED) is 0.789. The number of anilines is 1. The highest BCUT2D eigenvalue weighted by molar-refractivity contribution is 7.16. The fourth-order valence-electron chi connectivity index (χ4n) is 1.81. The Balaban J connectivity index is 1.94. The van der Waals surface area contributed by atoms with Crippen LogP contribution in [0, 0.1) is 0 Å². The second kappa shape index (κ2) is 4.64. The number of rotatable bonds is 2. The average molecular weight is 290 g/mol. The zero-order chi connectivity index (χ0) is 13.4. The van der Waals surface area contributed by atoms with E-state index in [1.165, 1.54) is 22.7 Å². The molecule has 0 bridgehead atoms. The topological polar surface area (TPSA) is 51.1 Å². The lowest BCUT2D eigenvalue weighted by molar-refractivity contribution is 0.103. The monoisotopic (exact) mass is 290 g/mol. The number of thiazole rings is 1. The molecule has 19 heavy (non-hydrogen) atoms. The van der Waals surface area contributed by atoms with Gasteiger partial charge in [0.05, 0.1) is 15.1 Å². The molecule has 1 aromatic carbocycles. The van der Waals surface area contributed by atoms with E-state index in [0.717, 1.165) is 10.2 Å². The summed E-state index contributed by atoms with van der Waals surface area (Å²) in [5.74, 6) is -0.127. The van der Waals surface area contributed by atoms with Crippen molar-refractivity contribution in [3.63, 3.8) is 0 Å². The largest absolute Gasteiger partial charge is 0.321 e. The van der Waals surface area contributed by atoms with Gasteiger partial charge in [-0.2, -0.15) is 0 Å². The number of aromatic nitrogens is 1. The van der Waals surface area contributed by atoms with Crippen LogP contribution in [0.1, 0.15) is 9.67 Å². The van der Waals surface area contributed by atoms with Gasteiger partial charge in [-0.15, -0.1) is 11.3 Å². The molecule has 0 atom stereocenters. The minimum absolute atomic E-state index is 0.00302. The average Bonchev–Trinajstić information content (AvgIpc) is 2.99. The molecule has 6 heteroatoms. The third-order valence-electron chi connectivity index (χ3n) is 2.80. The molecule has 0 saturated heterocycles. The number of hydrogen-bond acceptors (Lipinski definition) is 4. The van der Waals surface area contributed by atoms with Gasteiger partial charge < -0.3 is 9.88 Å². The molecule has 4 nitrogen and oxygen atoms in total. The van der Waals surface area contributed by atoms with Crippen molar-refractivity contribution in [1.29, 1.82) is 0 Å². The minimum atomic E-state index is -0.127. The van der Waals surface area contributed by atoms with Gasteiger partial charge in [0.15, 0.2) is 0 Å². The maximum Gasteiger partial charge on any atom is 0.307 e. The van der Waals surface area contributed by atoms with Crippen LogP contribution in [0.3, 0.4) is 0 Å². The molecule has 0 aliphatic heterocycles. The number of thiophene rings is 1. The first-order valence-corrected chi connectivity index (χ1v) is 7.29. The van der Waals surface area contributed by atoms with Crippen LogP contribution in [0.2, 0.25) is 0 Å². The highest BCUT2D eigenvalue weighted by Crippen LogP contribution is 2.22. The number of nitrogens with zero attached hydrogens (tertiary/aromatic N) is 1. The first-order valence-electron chi connectivity index (χ1n) is 5.59. The molecule has 96 valence electrons. The summed E-state index contributed by atoms with van der Waals surface area (Å²) in [6, 6.07) is 9.09. The molecule has 0 fully saturated rings. The lowest BCUT2D eigenvalue weighted by atomic mass is 10.3. The van der Waals surface area contributed by atoms with Crippen LogP contribution in [-0.4, -0.2) is 10.5 Å². The number of hydrogen-bond donors (Lipinski definition) is 1. The van der Waals surface area contributed by atoms with Crippen LogP contribution >= 0.6 is 22.7 Å². The molecule has 0 aliphatic rings. The van der Waals surface area contributed by atoms with Crippen molar-refractivity contribution in [3.8, 4) is 0 Å². The van der Waals surface area contributed by atoms with Gasteiger partial charge >= 0.3 is 4.87 Å². The predicted octanol–water partition coefficient (Wildman–Crippen LogP) is 2.91. The van der Waals surface area contributed by atoms with E-state index in [-0.39, 0.29) is 10.8 Å². The molecule has 0 radical (unpaired) electrons. The molecule has 1 N–H and O–H groups in total. The van der Waals surface area contributed by atoms with Crippen LogP contribution < -0.4 is 10.2 Å². The zero-order valence-electron chi connectivity index (χ0n) is 10.0. The van der Waals surface area contributed by atoms with Gasteiger partial charge in [0, 0.05) is 12.7 Å². The van der Waals surface area contributed by atoms with Gasteiger partial charge in [0.2, 0.25) is 0 Å². The van der Waals surface area contributed by atoms with E-state index in [1.54, 1.807) is 23.7 Å². The number of benzene rings is 1. The third-order valence-corrected chi connectivity index (χ3v) is 4.66. The Morgan fingerprint density at radius 1 is 1.32 bits per heavy atom. The Bertz CT molecular complexity index is 800. The number of nitrogens with one attached hydrogen (secondary N) is 1. The van der Waals surface area contributed by atoms with E-state index >= 15 is 0 Å². The first kappa shape index (κ1) is 12.1. The summed E-state index contributed by atoms with van der Waals surface area (Å²) in [5, 5.41) is 4.69. The normalized spacial score (nSPS) is 10.8. The molecule has 2 heterocycles. The highest BCUT2D eigenvalue weighted by atomic mass is 32.1. The van der Waals surface area contributed by atoms with Crippen LogP contribution in [0.5, 0.6) is 0 Å². The van der Waals surface area contributed by atoms with E-state index in [0.29, 0.717) is 10.6 Å². The van der Waals surface area contributed by atoms with E-state index < -0.39 is 0 Å². The Morgan fingerprint density at radius 2 is 2.16 bits per heavy atom. The van der Waals surface area contributed by atoms with Crippen LogP contribution in [-0.2, 0) is 7.05 Å². The van der Waals surface area contributed by atoms with Crippen LogP contribution in [0.15, 0.2) is 40.5 Å². The number of carbonyl (C=O) groups is 1. The van der Waals surface area contributed by atoms with Crippen molar-refractivity contribution in [1.82, 2.24) is 4.57 Å². The second-order valence-corrected chi connectivity index (χ2v) is 5.98. The summed E-state index contributed by atoms with van der Waals surface area (Å²) in [4.78, 5) is 24.1. The minimum Gasteiger partial charge on any atom is -0.321 e. The maximum atomic E-state index is 11.9. The highest BCUT2D eigenvalue weighted by Gasteiger charge is 2.09. The molecular weight excluding hydrogens is 280 g/mol. The van der Waals surface area contributed by atoms with Gasteiger partial charge in [0.1, 0.15) is 0 Å². The SMILES string of the molecule is Cn1c(=O)sc2cc(NC(=O)c3cccs3)ccc21. The van der Waals surface area contributed by atoms with Gasteiger partial charge in [-0.3, -0.25) is 9.59 Å². The van der Waals surface area contributed by atoms with Crippen LogP contribution in [0.4, 0.5) is 5.69 Å². The molecule has 3 aromatic rings. The maximum absolute atomic E-state index is 11.9. The van der Waals surface area contributed by atoms with E-state index in [1.807, 2.05) is 23.6 Å². The molecule has 0 unspecified atom stereocenters. The Labute approximate surface area is 116 Å². The summed E-state index contributed by atoms with van der Waals surface area (Å²) >= 11 is 2.57. The van der Waals surface area contributed by atoms with Crippen molar-refractivity contribution in [2.24, 2.45) is 7.05 Å². The summed E-state index contributed by atoms with van der Waals surface area (Å²) < 4.78 is 2.47. The van der Waals surface area contributed by atoms with E-state index in [4.69, 9.17) is 0 Å². The van der Waals surface area contributed by atoms with Gasteiger partial charge in [-0.05, 0) is 29.6 Å². The molecule has 3 rings (SSSR count). The Kier molecular flexibility index (Phi) is 2.96. The number of fused-ring (bicyclic) bond motifs is 1. The van der Waals surface area contributed by atoms with E-state index in [2.05, 4.69) is 5.32 Å². The lowest BCUT2D eigenvalue weighted by Gasteiger charge is -2.03. The van der Waals surface area contributed by atoms with Gasteiger partial charge in [0.25, 0.3) is 5.91 Å². The van der Waals surface area contributed by atoms with Crippen molar-refractivity contribution >= 4 is 44.5 Å². The molecule has 1 amide bonds. The summed E-state index contributed by atoms with van der Waals surface area (Å²) in [7, 11) is 1.74. The molecule has 0 spiro atoms. The predicted molar refractivity (Wildman–Crippen MR) is 79.3 cm³/mol. The van der Waals surface area contributed by atoms with Crippen molar-refractivity contribution < 1.29 is 4.79 Å². The number of amides is 1. The lowest BCUT2D eigenvalue weighted by Crippen LogP contribution is -2.10. The molecule has 0 aliphatic carbocycles. The molecule has 2 aromatic heterocycles. The van der Waals surface area contributed by atoms with Crippen molar-refractivity contribution in [2.45, 2.75) is 0 Å². The fourth-order valence-corrected chi connectivity index (χ4v) is 3.35. The standard InChI is InChI=1S/C13H10N2O2S2/c1-15-9-5-4-8(7-11(9)19-13(15)17)14-12(16)10-3-2-6-18-10/h2-7H,1H3,(H,14,16). The Hall–Kier alpha value is -1.92. The van der Waals surface area contributed by atoms with Gasteiger partial charge in [-0.1, -0.05) is 17.4 Å². The second-order valence-electron chi connectivity index (χ2n) is 4.04. The summed E-state index contributed by atoms with van der Waals surface area (Å²) in [6.45, 7) is 0.